The van der Waals surface area contributed by atoms with Crippen molar-refractivity contribution >= 4 is 25.0 Å². The van der Waals surface area contributed by atoms with Crippen molar-refractivity contribution in [2.45, 2.75) is 51.3 Å². The van der Waals surface area contributed by atoms with E-state index in [1.54, 1.807) is 11.8 Å². The lowest BCUT2D eigenvalue weighted by Crippen LogP contribution is -2.37. The molecule has 1 aromatic carbocycles. The van der Waals surface area contributed by atoms with Crippen LogP contribution in [0, 0.1) is 20.8 Å². The molecule has 0 aliphatic heterocycles. The quantitative estimate of drug-likeness (QED) is 0.479. The summed E-state index contributed by atoms with van der Waals surface area (Å²) in [6, 6.07) is 9.06. The van der Waals surface area contributed by atoms with Gasteiger partial charge < -0.3 is 0 Å². The molecule has 21 heavy (non-hydrogen) atoms. The summed E-state index contributed by atoms with van der Waals surface area (Å²) in [6.07, 6.45) is 0. The molecular formula is C17H24N2SSi. The van der Waals surface area contributed by atoms with Crippen LogP contribution >= 0.6 is 11.8 Å². The van der Waals surface area contributed by atoms with Crippen LogP contribution in [-0.2, 0) is 5.75 Å². The second kappa shape index (κ2) is 6.32. The van der Waals surface area contributed by atoms with Gasteiger partial charge in [-0.1, -0.05) is 60.9 Å². The van der Waals surface area contributed by atoms with E-state index in [-0.39, 0.29) is 0 Å². The van der Waals surface area contributed by atoms with Gasteiger partial charge in [0.1, 0.15) is 0 Å². The molecule has 0 atom stereocenters. The predicted octanol–water partition coefficient (Wildman–Crippen LogP) is 4.24. The Morgan fingerprint density at radius 3 is 1.90 bits per heavy atom. The Morgan fingerprint density at radius 1 is 0.905 bits per heavy atom. The lowest BCUT2D eigenvalue weighted by atomic mass is 10.2. The number of nitrogens with zero attached hydrogens (tertiary/aromatic N) is 2. The lowest BCUT2D eigenvalue weighted by molar-refractivity contribution is 0.880. The third kappa shape index (κ3) is 4.17. The number of rotatable bonds is 4. The molecule has 0 aliphatic rings. The minimum absolute atomic E-state index is 0.880. The van der Waals surface area contributed by atoms with Crippen LogP contribution < -0.4 is 5.19 Å². The number of benzene rings is 1. The lowest BCUT2D eigenvalue weighted by Gasteiger charge is -2.16. The molecule has 1 aromatic heterocycles. The van der Waals surface area contributed by atoms with E-state index in [2.05, 4.69) is 74.6 Å². The molecule has 0 fully saturated rings. The third-order valence-electron chi connectivity index (χ3n) is 3.80. The molecule has 0 saturated heterocycles. The highest BCUT2D eigenvalue weighted by molar-refractivity contribution is 7.98. The van der Waals surface area contributed by atoms with Gasteiger partial charge in [0.15, 0.2) is 5.16 Å². The topological polar surface area (TPSA) is 25.8 Å². The largest absolute Gasteiger partial charge is 0.228 e. The molecule has 0 aliphatic carbocycles. The zero-order valence-electron chi connectivity index (χ0n) is 13.8. The predicted molar refractivity (Wildman–Crippen MR) is 95.2 cm³/mol. The van der Waals surface area contributed by atoms with Crippen LogP contribution in [0.15, 0.2) is 29.4 Å². The van der Waals surface area contributed by atoms with Gasteiger partial charge in [0.05, 0.1) is 8.07 Å². The molecule has 0 radical (unpaired) electrons. The van der Waals surface area contributed by atoms with Gasteiger partial charge in [-0.3, -0.25) is 0 Å². The summed E-state index contributed by atoms with van der Waals surface area (Å²) in [7, 11) is -1.20. The van der Waals surface area contributed by atoms with Gasteiger partial charge >= 0.3 is 0 Å². The monoisotopic (exact) mass is 316 g/mol. The normalized spacial score (nSPS) is 11.7. The summed E-state index contributed by atoms with van der Waals surface area (Å²) >= 11 is 1.71. The second-order valence-electron chi connectivity index (χ2n) is 6.54. The average molecular weight is 317 g/mol. The van der Waals surface area contributed by atoms with Crippen molar-refractivity contribution in [1.82, 2.24) is 9.97 Å². The van der Waals surface area contributed by atoms with Crippen LogP contribution in [0.3, 0.4) is 0 Å². The Balaban J connectivity index is 2.07. The van der Waals surface area contributed by atoms with E-state index >= 15 is 0 Å². The van der Waals surface area contributed by atoms with E-state index in [4.69, 9.17) is 0 Å². The Kier molecular flexibility index (Phi) is 4.89. The Morgan fingerprint density at radius 2 is 1.43 bits per heavy atom. The summed E-state index contributed by atoms with van der Waals surface area (Å²) in [5.74, 6) is 0.925. The van der Waals surface area contributed by atoms with E-state index in [0.29, 0.717) is 0 Å². The van der Waals surface area contributed by atoms with Crippen LogP contribution in [0.25, 0.3) is 0 Å². The van der Waals surface area contributed by atoms with Gasteiger partial charge in [0.25, 0.3) is 0 Å². The fourth-order valence-electron chi connectivity index (χ4n) is 2.05. The highest BCUT2D eigenvalue weighted by Crippen LogP contribution is 2.21. The van der Waals surface area contributed by atoms with E-state index < -0.39 is 8.07 Å². The van der Waals surface area contributed by atoms with Crippen molar-refractivity contribution < 1.29 is 0 Å². The first-order chi connectivity index (χ1) is 9.77. The zero-order valence-corrected chi connectivity index (χ0v) is 15.6. The summed E-state index contributed by atoms with van der Waals surface area (Å²) in [4.78, 5) is 9.13. The van der Waals surface area contributed by atoms with Gasteiger partial charge in [0.2, 0.25) is 0 Å². The molecule has 2 aromatic rings. The fraction of sp³-hybridized carbons (Fsp3) is 0.412. The molecule has 112 valence electrons. The van der Waals surface area contributed by atoms with Crippen LogP contribution in [-0.4, -0.2) is 18.0 Å². The average Bonchev–Trinajstić information content (AvgIpc) is 2.42. The Labute approximate surface area is 133 Å². The van der Waals surface area contributed by atoms with Crippen molar-refractivity contribution in [2.75, 3.05) is 0 Å². The smallest absolute Gasteiger partial charge is 0.188 e. The summed E-state index contributed by atoms with van der Waals surface area (Å²) in [6.45, 7) is 13.3. The number of aryl methyl sites for hydroxylation is 2. The maximum Gasteiger partial charge on any atom is 0.188 e. The molecule has 0 unspecified atom stereocenters. The van der Waals surface area contributed by atoms with E-state index in [1.807, 2.05) is 0 Å². The Hall–Kier alpha value is -1.13. The molecule has 1 heterocycles. The zero-order chi connectivity index (χ0) is 15.6. The van der Waals surface area contributed by atoms with E-state index in [0.717, 1.165) is 22.3 Å². The standard InChI is InChI=1S/C17H24N2SSi/c1-12-13(2)18-17(19-14(12)3)20-11-15-7-9-16(10-8-15)21(4,5)6/h7-10H,11H2,1-6H3. The van der Waals surface area contributed by atoms with Crippen LogP contribution in [0.5, 0.6) is 0 Å². The number of thioether (sulfide) groups is 1. The maximum atomic E-state index is 4.56. The van der Waals surface area contributed by atoms with Crippen LogP contribution in [0.4, 0.5) is 0 Å². The van der Waals surface area contributed by atoms with Crippen molar-refractivity contribution in [2.24, 2.45) is 0 Å². The second-order valence-corrected chi connectivity index (χ2v) is 12.6. The molecular weight excluding hydrogens is 292 g/mol. The molecule has 0 amide bonds. The first kappa shape index (κ1) is 16.2. The number of hydrogen-bond acceptors (Lipinski definition) is 3. The SMILES string of the molecule is Cc1nc(SCc2ccc([Si](C)(C)C)cc2)nc(C)c1C. The van der Waals surface area contributed by atoms with Crippen LogP contribution in [0.1, 0.15) is 22.5 Å². The number of aromatic nitrogens is 2. The number of hydrogen-bond donors (Lipinski definition) is 0. The molecule has 0 N–H and O–H groups in total. The van der Waals surface area contributed by atoms with Crippen molar-refractivity contribution in [3.63, 3.8) is 0 Å². The maximum absolute atomic E-state index is 4.56. The molecule has 0 bridgehead atoms. The van der Waals surface area contributed by atoms with E-state index in [1.165, 1.54) is 16.3 Å². The highest BCUT2D eigenvalue weighted by atomic mass is 32.2. The summed E-state index contributed by atoms with van der Waals surface area (Å²) in [5.41, 5.74) is 4.69. The molecule has 0 saturated carbocycles. The van der Waals surface area contributed by atoms with Gasteiger partial charge in [0, 0.05) is 17.1 Å². The Bertz CT molecular complexity index is 607. The van der Waals surface area contributed by atoms with Gasteiger partial charge in [-0.15, -0.1) is 0 Å². The molecule has 2 rings (SSSR count). The van der Waals surface area contributed by atoms with Crippen molar-refractivity contribution in [1.29, 1.82) is 0 Å². The third-order valence-corrected chi connectivity index (χ3v) is 6.78. The fourth-order valence-corrected chi connectivity index (χ4v) is 4.11. The van der Waals surface area contributed by atoms with Gasteiger partial charge in [-0.05, 0) is 31.9 Å². The summed E-state index contributed by atoms with van der Waals surface area (Å²) in [5, 5.41) is 2.39. The molecule has 0 spiro atoms. The first-order valence-corrected chi connectivity index (χ1v) is 11.8. The van der Waals surface area contributed by atoms with Gasteiger partial charge in [-0.2, -0.15) is 0 Å². The summed E-state index contributed by atoms with van der Waals surface area (Å²) < 4.78 is 0. The van der Waals surface area contributed by atoms with Gasteiger partial charge in [-0.25, -0.2) is 9.97 Å². The van der Waals surface area contributed by atoms with Crippen molar-refractivity contribution in [3.05, 3.63) is 46.8 Å². The van der Waals surface area contributed by atoms with Crippen LogP contribution in [0.2, 0.25) is 19.6 Å². The van der Waals surface area contributed by atoms with E-state index in [9.17, 15) is 0 Å². The molecule has 2 nitrogen and oxygen atoms in total. The minimum Gasteiger partial charge on any atom is -0.228 e. The van der Waals surface area contributed by atoms with Crippen molar-refractivity contribution in [3.8, 4) is 0 Å². The first-order valence-electron chi connectivity index (χ1n) is 7.31. The minimum atomic E-state index is -1.20. The highest BCUT2D eigenvalue weighted by Gasteiger charge is 2.15. The molecule has 4 heteroatoms.